The number of fused-ring (bicyclic) bond motifs is 1. The minimum Gasteiger partial charge on any atom is -0.350 e. The monoisotopic (exact) mass is 458 g/mol. The van der Waals surface area contributed by atoms with Crippen molar-refractivity contribution in [1.82, 2.24) is 24.7 Å². The number of amides is 1. The SMILES string of the molecule is Cc1nc(NCc2cnn(Cc3cnc(Cl)c(F)c3)c2)nc2c1NC(=O)C(C(C)C)N2C. The van der Waals surface area contributed by atoms with Crippen molar-refractivity contribution in [2.75, 3.05) is 22.6 Å². The van der Waals surface area contributed by atoms with Gasteiger partial charge in [-0.05, 0) is 24.5 Å². The summed E-state index contributed by atoms with van der Waals surface area (Å²) in [6.45, 7) is 6.68. The zero-order chi connectivity index (χ0) is 23.0. The van der Waals surface area contributed by atoms with Gasteiger partial charge in [0.05, 0.1) is 18.4 Å². The molecule has 4 heterocycles. The summed E-state index contributed by atoms with van der Waals surface area (Å²) in [7, 11) is 1.87. The lowest BCUT2D eigenvalue weighted by Gasteiger charge is -2.36. The minimum absolute atomic E-state index is 0.0504. The maximum Gasteiger partial charge on any atom is 0.247 e. The number of nitrogens with one attached hydrogen (secondary N) is 2. The van der Waals surface area contributed by atoms with E-state index in [1.54, 1.807) is 10.9 Å². The van der Waals surface area contributed by atoms with Crippen LogP contribution in [0.15, 0.2) is 24.7 Å². The Morgan fingerprint density at radius 1 is 1.28 bits per heavy atom. The molecule has 2 N–H and O–H groups in total. The standard InChI is InChI=1S/C21H24ClFN8O/c1-11(2)17-20(32)28-16-12(3)27-21(29-19(16)30(17)4)25-7-14-8-26-31(10-14)9-13-5-15(23)18(22)24-6-13/h5-6,8,10-11,17H,7,9H2,1-4H3,(H,28,32)(H,25,27,29). The number of hydrogen-bond acceptors (Lipinski definition) is 7. The van der Waals surface area contributed by atoms with Crippen molar-refractivity contribution in [3.8, 4) is 0 Å². The van der Waals surface area contributed by atoms with Crippen molar-refractivity contribution in [3.05, 3.63) is 52.4 Å². The highest BCUT2D eigenvalue weighted by Gasteiger charge is 2.35. The summed E-state index contributed by atoms with van der Waals surface area (Å²) < 4.78 is 15.3. The van der Waals surface area contributed by atoms with Crippen LogP contribution in [0.25, 0.3) is 0 Å². The van der Waals surface area contributed by atoms with E-state index >= 15 is 0 Å². The summed E-state index contributed by atoms with van der Waals surface area (Å²) in [6, 6.07) is 1.05. The maximum atomic E-state index is 13.6. The van der Waals surface area contributed by atoms with E-state index in [9.17, 15) is 9.18 Å². The van der Waals surface area contributed by atoms with E-state index in [4.69, 9.17) is 11.6 Å². The third-order valence-corrected chi connectivity index (χ3v) is 5.58. The van der Waals surface area contributed by atoms with Crippen LogP contribution < -0.4 is 15.5 Å². The average molecular weight is 459 g/mol. The number of carbonyl (C=O) groups is 1. The quantitative estimate of drug-likeness (QED) is 0.547. The number of halogens is 2. The van der Waals surface area contributed by atoms with Gasteiger partial charge in [0.2, 0.25) is 11.9 Å². The van der Waals surface area contributed by atoms with Crippen molar-refractivity contribution < 1.29 is 9.18 Å². The Hall–Kier alpha value is -3.27. The Kier molecular flexibility index (Phi) is 5.96. The van der Waals surface area contributed by atoms with Crippen molar-refractivity contribution in [1.29, 1.82) is 0 Å². The molecule has 0 aromatic carbocycles. The van der Waals surface area contributed by atoms with E-state index in [1.807, 2.05) is 38.9 Å². The molecule has 0 aliphatic carbocycles. The van der Waals surface area contributed by atoms with Gasteiger partial charge in [0.1, 0.15) is 11.7 Å². The van der Waals surface area contributed by atoms with E-state index in [2.05, 4.69) is 30.7 Å². The number of nitrogens with zero attached hydrogens (tertiary/aromatic N) is 6. The molecule has 0 radical (unpaired) electrons. The Morgan fingerprint density at radius 3 is 2.78 bits per heavy atom. The van der Waals surface area contributed by atoms with E-state index < -0.39 is 5.82 Å². The van der Waals surface area contributed by atoms with Gasteiger partial charge in [-0.1, -0.05) is 25.4 Å². The summed E-state index contributed by atoms with van der Waals surface area (Å²) in [5.74, 6) is 0.675. The van der Waals surface area contributed by atoms with Crippen LogP contribution in [0.1, 0.15) is 30.7 Å². The lowest BCUT2D eigenvalue weighted by atomic mass is 9.99. The normalized spacial score (nSPS) is 15.7. The molecule has 0 saturated carbocycles. The molecule has 3 aromatic heterocycles. The predicted molar refractivity (Wildman–Crippen MR) is 120 cm³/mol. The number of hydrogen-bond donors (Lipinski definition) is 2. The van der Waals surface area contributed by atoms with Crippen LogP contribution in [0.5, 0.6) is 0 Å². The highest BCUT2D eigenvalue weighted by atomic mass is 35.5. The number of rotatable bonds is 6. The molecule has 11 heteroatoms. The molecule has 3 aromatic rings. The van der Waals surface area contributed by atoms with Crippen LogP contribution in [-0.4, -0.2) is 43.7 Å². The first-order valence-corrected chi connectivity index (χ1v) is 10.6. The van der Waals surface area contributed by atoms with Crippen LogP contribution in [0.4, 0.5) is 21.8 Å². The molecule has 0 bridgehead atoms. The molecule has 1 amide bonds. The van der Waals surface area contributed by atoms with E-state index in [1.165, 1.54) is 12.3 Å². The largest absolute Gasteiger partial charge is 0.350 e. The fraction of sp³-hybridized carbons (Fsp3) is 0.381. The molecular formula is C21H24ClFN8O. The van der Waals surface area contributed by atoms with Crippen molar-refractivity contribution in [2.45, 2.75) is 39.9 Å². The summed E-state index contributed by atoms with van der Waals surface area (Å²) >= 11 is 5.63. The molecule has 1 atom stereocenters. The van der Waals surface area contributed by atoms with E-state index in [0.717, 1.165) is 5.56 Å². The molecule has 0 fully saturated rings. The predicted octanol–water partition coefficient (Wildman–Crippen LogP) is 3.24. The van der Waals surface area contributed by atoms with Gasteiger partial charge < -0.3 is 15.5 Å². The van der Waals surface area contributed by atoms with E-state index in [0.29, 0.717) is 41.8 Å². The van der Waals surface area contributed by atoms with Crippen LogP contribution in [-0.2, 0) is 17.9 Å². The Balaban J connectivity index is 1.46. The summed E-state index contributed by atoms with van der Waals surface area (Å²) in [5, 5.41) is 10.3. The Bertz CT molecular complexity index is 1160. The van der Waals surface area contributed by atoms with Crippen molar-refractivity contribution in [2.24, 2.45) is 5.92 Å². The summed E-state index contributed by atoms with van der Waals surface area (Å²) in [5.41, 5.74) is 2.89. The fourth-order valence-electron chi connectivity index (χ4n) is 3.79. The van der Waals surface area contributed by atoms with Crippen LogP contribution >= 0.6 is 11.6 Å². The second kappa shape index (κ2) is 8.70. The molecular weight excluding hydrogens is 435 g/mol. The molecule has 4 rings (SSSR count). The number of likely N-dealkylation sites (N-methyl/N-ethyl adjacent to an activating group) is 1. The zero-order valence-corrected chi connectivity index (χ0v) is 19.0. The van der Waals surface area contributed by atoms with Gasteiger partial charge in [-0.3, -0.25) is 9.48 Å². The first-order valence-electron chi connectivity index (χ1n) is 10.2. The molecule has 1 aliphatic heterocycles. The lowest BCUT2D eigenvalue weighted by Crippen LogP contribution is -2.49. The molecule has 1 unspecified atom stereocenters. The maximum absolute atomic E-state index is 13.6. The van der Waals surface area contributed by atoms with Crippen molar-refractivity contribution >= 4 is 35.0 Å². The highest BCUT2D eigenvalue weighted by Crippen LogP contribution is 2.34. The molecule has 0 spiro atoms. The number of aryl methyl sites for hydroxylation is 1. The molecule has 0 saturated heterocycles. The van der Waals surface area contributed by atoms with Crippen molar-refractivity contribution in [3.63, 3.8) is 0 Å². The number of pyridine rings is 1. The first-order chi connectivity index (χ1) is 15.2. The van der Waals surface area contributed by atoms with Crippen LogP contribution in [0.2, 0.25) is 5.15 Å². The van der Waals surface area contributed by atoms with Gasteiger partial charge in [-0.25, -0.2) is 14.4 Å². The third-order valence-electron chi connectivity index (χ3n) is 5.31. The van der Waals surface area contributed by atoms with Gasteiger partial charge >= 0.3 is 0 Å². The lowest BCUT2D eigenvalue weighted by molar-refractivity contribution is -0.118. The molecule has 32 heavy (non-hydrogen) atoms. The van der Waals surface area contributed by atoms with Crippen LogP contribution in [0.3, 0.4) is 0 Å². The Labute approximate surface area is 190 Å². The van der Waals surface area contributed by atoms with E-state index in [-0.39, 0.29) is 23.0 Å². The third kappa shape index (κ3) is 4.36. The topological polar surface area (TPSA) is 101 Å². The number of anilines is 3. The highest BCUT2D eigenvalue weighted by molar-refractivity contribution is 6.29. The molecule has 9 nitrogen and oxygen atoms in total. The second-order valence-corrected chi connectivity index (χ2v) is 8.49. The van der Waals surface area contributed by atoms with Gasteiger partial charge in [0.15, 0.2) is 16.8 Å². The van der Waals surface area contributed by atoms with Gasteiger partial charge in [0, 0.05) is 31.5 Å². The number of aromatic nitrogens is 5. The fourth-order valence-corrected chi connectivity index (χ4v) is 3.90. The smallest absolute Gasteiger partial charge is 0.247 e. The van der Waals surface area contributed by atoms with Gasteiger partial charge in [0.25, 0.3) is 0 Å². The molecule has 168 valence electrons. The minimum atomic E-state index is -0.556. The number of carbonyl (C=O) groups excluding carboxylic acids is 1. The van der Waals surface area contributed by atoms with Gasteiger partial charge in [-0.2, -0.15) is 10.1 Å². The zero-order valence-electron chi connectivity index (χ0n) is 18.2. The average Bonchev–Trinajstić information content (AvgIpc) is 3.17. The summed E-state index contributed by atoms with van der Waals surface area (Å²) in [6.07, 6.45) is 5.10. The Morgan fingerprint density at radius 2 is 2.06 bits per heavy atom. The second-order valence-electron chi connectivity index (χ2n) is 8.14. The van der Waals surface area contributed by atoms with Crippen LogP contribution in [0, 0.1) is 18.7 Å². The van der Waals surface area contributed by atoms with Gasteiger partial charge in [-0.15, -0.1) is 0 Å². The first kappa shape index (κ1) is 21.9. The summed E-state index contributed by atoms with van der Waals surface area (Å²) in [4.78, 5) is 27.3. The molecule has 1 aliphatic rings.